The quantitative estimate of drug-likeness (QED) is 0.684. The van der Waals surface area contributed by atoms with Crippen molar-refractivity contribution in [2.24, 2.45) is 5.92 Å². The maximum absolute atomic E-state index is 12.2. The summed E-state index contributed by atoms with van der Waals surface area (Å²) in [5, 5.41) is 2.76. The van der Waals surface area contributed by atoms with Crippen molar-refractivity contribution in [3.63, 3.8) is 0 Å². The highest BCUT2D eigenvalue weighted by molar-refractivity contribution is 5.85. The van der Waals surface area contributed by atoms with E-state index in [0.29, 0.717) is 5.82 Å². The number of aromatic nitrogens is 2. The van der Waals surface area contributed by atoms with Gasteiger partial charge in [-0.05, 0) is 45.9 Å². The van der Waals surface area contributed by atoms with Crippen molar-refractivity contribution in [3.8, 4) is 0 Å². The van der Waals surface area contributed by atoms with Gasteiger partial charge in [0.2, 0.25) is 5.91 Å². The molecule has 0 spiro atoms. The number of carbonyl (C=O) groups excluding carboxylic acids is 1. The van der Waals surface area contributed by atoms with E-state index >= 15 is 0 Å². The van der Waals surface area contributed by atoms with Gasteiger partial charge in [0.1, 0.15) is 11.6 Å². The van der Waals surface area contributed by atoms with Crippen LogP contribution in [-0.4, -0.2) is 47.5 Å². The van der Waals surface area contributed by atoms with Crippen molar-refractivity contribution in [2.45, 2.75) is 45.6 Å². The number of hydrogen-bond acceptors (Lipinski definition) is 4. The molecular weight excluding hydrogens is 290 g/mol. The average molecular weight is 321 g/mol. The summed E-state index contributed by atoms with van der Waals surface area (Å²) in [4.78, 5) is 21.9. The summed E-state index contributed by atoms with van der Waals surface area (Å²) in [6.45, 7) is 6.17. The van der Waals surface area contributed by atoms with E-state index in [2.05, 4.69) is 29.1 Å². The lowest BCUT2D eigenvalue weighted by Gasteiger charge is -2.36. The molecule has 1 heterocycles. The van der Waals surface area contributed by atoms with E-state index < -0.39 is 5.54 Å². The number of likely N-dealkylation sites (N-methyl/N-ethyl adjacent to an activating group) is 2. The Labute approximate surface area is 139 Å². The van der Waals surface area contributed by atoms with E-state index in [4.69, 9.17) is 5.73 Å². The second-order valence-electron chi connectivity index (χ2n) is 6.55. The number of rotatable bonds is 8. The summed E-state index contributed by atoms with van der Waals surface area (Å²) in [6, 6.07) is 0. The molecule has 0 aliphatic carbocycles. The van der Waals surface area contributed by atoms with Crippen LogP contribution in [0.1, 0.15) is 45.1 Å². The molecule has 6 heteroatoms. The van der Waals surface area contributed by atoms with Crippen LogP contribution in [0.15, 0.2) is 6.08 Å². The second-order valence-corrected chi connectivity index (χ2v) is 6.55. The molecule has 0 fully saturated rings. The van der Waals surface area contributed by atoms with Crippen LogP contribution in [0.2, 0.25) is 0 Å². The molecule has 2 atom stereocenters. The summed E-state index contributed by atoms with van der Waals surface area (Å²) in [7, 11) is 5.54. The zero-order valence-electron chi connectivity index (χ0n) is 15.2. The van der Waals surface area contributed by atoms with E-state index in [-0.39, 0.29) is 11.8 Å². The number of H-pyrrole nitrogens is 1. The predicted octanol–water partition coefficient (Wildman–Crippen LogP) is 2.05. The number of anilines is 1. The summed E-state index contributed by atoms with van der Waals surface area (Å²) < 4.78 is 0. The smallest absolute Gasteiger partial charge is 0.239 e. The number of imidazole rings is 1. The van der Waals surface area contributed by atoms with Crippen LogP contribution in [0.25, 0.3) is 6.08 Å². The number of carbonyl (C=O) groups is 1. The van der Waals surface area contributed by atoms with Gasteiger partial charge >= 0.3 is 0 Å². The van der Waals surface area contributed by atoms with Gasteiger partial charge in [-0.3, -0.25) is 9.69 Å². The van der Waals surface area contributed by atoms with E-state index in [9.17, 15) is 4.79 Å². The van der Waals surface area contributed by atoms with Crippen LogP contribution in [-0.2, 0) is 11.2 Å². The molecule has 0 saturated carbocycles. The number of hydrogen-bond donors (Lipinski definition) is 3. The van der Waals surface area contributed by atoms with Crippen LogP contribution in [0.5, 0.6) is 0 Å². The fourth-order valence-electron chi connectivity index (χ4n) is 2.74. The number of nitrogens with two attached hydrogens (primary N) is 1. The number of nitrogens with one attached hydrogen (secondary N) is 2. The molecule has 1 aromatic heterocycles. The van der Waals surface area contributed by atoms with Gasteiger partial charge in [0, 0.05) is 13.5 Å². The van der Waals surface area contributed by atoms with Crippen molar-refractivity contribution in [1.82, 2.24) is 20.2 Å². The first-order valence-corrected chi connectivity index (χ1v) is 8.15. The predicted molar refractivity (Wildman–Crippen MR) is 96.0 cm³/mol. The summed E-state index contributed by atoms with van der Waals surface area (Å²) >= 11 is 0. The minimum atomic E-state index is -0.544. The molecule has 0 radical (unpaired) electrons. The molecule has 1 aromatic rings. The number of amides is 1. The van der Waals surface area contributed by atoms with Gasteiger partial charge in [-0.25, -0.2) is 4.98 Å². The molecule has 1 unspecified atom stereocenters. The third-order valence-corrected chi connectivity index (χ3v) is 4.32. The number of nitrogen functional groups attached to an aromatic ring is 1. The van der Waals surface area contributed by atoms with E-state index in [1.54, 1.807) is 7.05 Å². The van der Waals surface area contributed by atoms with Crippen LogP contribution in [0.4, 0.5) is 5.82 Å². The topological polar surface area (TPSA) is 87.0 Å². The van der Waals surface area contributed by atoms with Crippen LogP contribution in [0.3, 0.4) is 0 Å². The largest absolute Gasteiger partial charge is 0.382 e. The Kier molecular flexibility index (Phi) is 6.81. The van der Waals surface area contributed by atoms with Crippen molar-refractivity contribution in [3.05, 3.63) is 17.6 Å². The zero-order chi connectivity index (χ0) is 17.6. The number of nitrogens with zero attached hydrogens (tertiary/aromatic N) is 2. The molecule has 0 aliphatic heterocycles. The lowest BCUT2D eigenvalue weighted by Crippen LogP contribution is -2.54. The summed E-state index contributed by atoms with van der Waals surface area (Å²) in [6.07, 6.45) is 6.46. The lowest BCUT2D eigenvalue weighted by atomic mass is 9.86. The number of allylic oxidation sites excluding steroid dienone is 1. The molecule has 130 valence electrons. The molecule has 0 aromatic carbocycles. The standard InChI is InChI=1S/C17H31N5O/c1-7-8-9-13-15(18)21-14(20-13)10-12(2)11-17(3,22(5)6)16(23)19-4/h8-9,12H,7,10-11,18H2,1-6H3,(H,19,23)(H,20,21)/b9-8-/t12?,17-/m0/s1. The Balaban J connectivity index is 2.81. The first kappa shape index (κ1) is 19.2. The summed E-state index contributed by atoms with van der Waals surface area (Å²) in [5.74, 6) is 1.70. The monoisotopic (exact) mass is 321 g/mol. The molecule has 1 amide bonds. The van der Waals surface area contributed by atoms with Crippen LogP contribution < -0.4 is 11.1 Å². The Morgan fingerprint density at radius 1 is 1.52 bits per heavy atom. The second kappa shape index (κ2) is 8.15. The molecule has 0 bridgehead atoms. The van der Waals surface area contributed by atoms with Crippen molar-refractivity contribution in [1.29, 1.82) is 0 Å². The maximum Gasteiger partial charge on any atom is 0.239 e. The highest BCUT2D eigenvalue weighted by Crippen LogP contribution is 2.25. The fourth-order valence-corrected chi connectivity index (χ4v) is 2.74. The Morgan fingerprint density at radius 3 is 2.70 bits per heavy atom. The van der Waals surface area contributed by atoms with Gasteiger partial charge < -0.3 is 16.0 Å². The van der Waals surface area contributed by atoms with E-state index in [1.807, 2.05) is 38.1 Å². The number of aromatic amines is 1. The Hall–Kier alpha value is -1.82. The summed E-state index contributed by atoms with van der Waals surface area (Å²) in [5.41, 5.74) is 6.25. The molecule has 0 aliphatic rings. The van der Waals surface area contributed by atoms with Gasteiger partial charge in [0.15, 0.2) is 0 Å². The SMILES string of the molecule is CC/C=C\c1[nH]c(CC(C)C[C@@](C)(C(=O)NC)N(C)C)nc1N. The van der Waals surface area contributed by atoms with Gasteiger partial charge in [0.25, 0.3) is 0 Å². The average Bonchev–Trinajstić information content (AvgIpc) is 2.83. The van der Waals surface area contributed by atoms with Crippen molar-refractivity contribution in [2.75, 3.05) is 26.9 Å². The first-order valence-electron chi connectivity index (χ1n) is 8.15. The van der Waals surface area contributed by atoms with Gasteiger partial charge in [-0.2, -0.15) is 0 Å². The molecular formula is C17H31N5O. The molecule has 23 heavy (non-hydrogen) atoms. The van der Waals surface area contributed by atoms with Gasteiger partial charge in [-0.15, -0.1) is 0 Å². The minimum absolute atomic E-state index is 0.0277. The molecule has 4 N–H and O–H groups in total. The van der Waals surface area contributed by atoms with E-state index in [0.717, 1.165) is 30.8 Å². The Bertz CT molecular complexity index is 549. The van der Waals surface area contributed by atoms with E-state index in [1.165, 1.54) is 0 Å². The molecule has 6 nitrogen and oxygen atoms in total. The normalized spacial score (nSPS) is 15.8. The van der Waals surface area contributed by atoms with Crippen LogP contribution in [0, 0.1) is 5.92 Å². The minimum Gasteiger partial charge on any atom is -0.382 e. The molecule has 1 rings (SSSR count). The third kappa shape index (κ3) is 4.82. The van der Waals surface area contributed by atoms with Gasteiger partial charge in [-0.1, -0.05) is 19.9 Å². The Morgan fingerprint density at radius 2 is 2.17 bits per heavy atom. The van der Waals surface area contributed by atoms with Crippen molar-refractivity contribution < 1.29 is 4.79 Å². The first-order chi connectivity index (χ1) is 10.7. The fraction of sp³-hybridized carbons (Fsp3) is 0.647. The van der Waals surface area contributed by atoms with Crippen LogP contribution >= 0.6 is 0 Å². The lowest BCUT2D eigenvalue weighted by molar-refractivity contribution is -0.131. The highest BCUT2D eigenvalue weighted by atomic mass is 16.2. The maximum atomic E-state index is 12.2. The molecule has 0 saturated heterocycles. The zero-order valence-corrected chi connectivity index (χ0v) is 15.2. The van der Waals surface area contributed by atoms with Crippen molar-refractivity contribution >= 4 is 17.8 Å². The third-order valence-electron chi connectivity index (χ3n) is 4.32. The van der Waals surface area contributed by atoms with Gasteiger partial charge in [0.05, 0.1) is 11.2 Å². The highest BCUT2D eigenvalue weighted by Gasteiger charge is 2.36.